The minimum atomic E-state index is -0.529. The molecule has 176 valence electrons. The smallest absolute Gasteiger partial charge is 0.342 e. The number of morpholine rings is 1. The van der Waals surface area contributed by atoms with E-state index in [0.29, 0.717) is 43.8 Å². The summed E-state index contributed by atoms with van der Waals surface area (Å²) in [5.74, 6) is -0.617. The number of cyclic esters (lactones) is 1. The number of phenols is 1. The van der Waals surface area contributed by atoms with Gasteiger partial charge in [-0.3, -0.25) is 9.69 Å². The molecule has 0 spiro atoms. The molecule has 1 fully saturated rings. The van der Waals surface area contributed by atoms with Crippen LogP contribution in [0.1, 0.15) is 53.7 Å². The number of methoxy groups -OCH3 is 1. The fourth-order valence-electron chi connectivity index (χ4n) is 4.15. The lowest BCUT2D eigenvalue weighted by atomic mass is 9.93. The Morgan fingerprint density at radius 2 is 2.12 bits per heavy atom. The zero-order valence-corrected chi connectivity index (χ0v) is 19.4. The van der Waals surface area contributed by atoms with Gasteiger partial charge in [0.05, 0.1) is 19.8 Å². The van der Waals surface area contributed by atoms with Crippen molar-refractivity contribution in [2.45, 2.75) is 52.7 Å². The number of benzene rings is 1. The Morgan fingerprint density at radius 1 is 1.34 bits per heavy atom. The molecule has 1 aromatic rings. The van der Waals surface area contributed by atoms with Crippen LogP contribution < -0.4 is 4.74 Å². The first-order valence-corrected chi connectivity index (χ1v) is 11.0. The SMILES string of the molecule is COc1c(O)c2c(c(C)c1C/C=C(\C)CCC(=O)OCCN1CCOC(C)C1)COC2=O. The third-order valence-corrected chi connectivity index (χ3v) is 6.06. The molecular formula is C24H33NO7. The van der Waals surface area contributed by atoms with Crippen molar-refractivity contribution in [3.05, 3.63) is 33.9 Å². The molecule has 3 rings (SSSR count). The number of hydrogen-bond donors (Lipinski definition) is 1. The monoisotopic (exact) mass is 447 g/mol. The van der Waals surface area contributed by atoms with Crippen LogP contribution in [0.25, 0.3) is 0 Å². The number of ether oxygens (including phenoxy) is 4. The molecule has 0 amide bonds. The lowest BCUT2D eigenvalue weighted by Crippen LogP contribution is -2.42. The summed E-state index contributed by atoms with van der Waals surface area (Å²) >= 11 is 0. The molecule has 1 saturated heterocycles. The van der Waals surface area contributed by atoms with Crippen molar-refractivity contribution in [1.82, 2.24) is 4.90 Å². The third-order valence-electron chi connectivity index (χ3n) is 6.06. The van der Waals surface area contributed by atoms with Crippen LogP contribution >= 0.6 is 0 Å². The van der Waals surface area contributed by atoms with E-state index >= 15 is 0 Å². The highest BCUT2D eigenvalue weighted by Gasteiger charge is 2.32. The molecule has 1 unspecified atom stereocenters. The van der Waals surface area contributed by atoms with Crippen LogP contribution in [0.15, 0.2) is 11.6 Å². The summed E-state index contributed by atoms with van der Waals surface area (Å²) in [4.78, 5) is 26.2. The molecule has 32 heavy (non-hydrogen) atoms. The Kier molecular flexibility index (Phi) is 8.15. The van der Waals surface area contributed by atoms with Gasteiger partial charge in [-0.25, -0.2) is 4.79 Å². The number of hydrogen-bond acceptors (Lipinski definition) is 8. The lowest BCUT2D eigenvalue weighted by molar-refractivity contribution is -0.144. The van der Waals surface area contributed by atoms with Gasteiger partial charge in [0.2, 0.25) is 0 Å². The molecule has 2 aliphatic heterocycles. The molecule has 0 aromatic heterocycles. The number of aromatic hydroxyl groups is 1. The fourth-order valence-corrected chi connectivity index (χ4v) is 4.15. The number of fused-ring (bicyclic) bond motifs is 1. The third kappa shape index (κ3) is 5.61. The predicted molar refractivity (Wildman–Crippen MR) is 118 cm³/mol. The van der Waals surface area contributed by atoms with E-state index in [4.69, 9.17) is 18.9 Å². The molecule has 8 heteroatoms. The van der Waals surface area contributed by atoms with E-state index < -0.39 is 5.97 Å². The highest BCUT2D eigenvalue weighted by atomic mass is 16.5. The van der Waals surface area contributed by atoms with Crippen LogP contribution in [0.2, 0.25) is 0 Å². The van der Waals surface area contributed by atoms with Crippen molar-refractivity contribution in [2.75, 3.05) is 40.0 Å². The number of nitrogens with zero attached hydrogens (tertiary/aromatic N) is 1. The number of phenolic OH excluding ortho intramolecular Hbond substituents is 1. The van der Waals surface area contributed by atoms with Crippen molar-refractivity contribution in [2.24, 2.45) is 0 Å². The lowest BCUT2D eigenvalue weighted by Gasteiger charge is -2.30. The van der Waals surface area contributed by atoms with Crippen molar-refractivity contribution in [1.29, 1.82) is 0 Å². The van der Waals surface area contributed by atoms with Gasteiger partial charge in [0.15, 0.2) is 11.5 Å². The first kappa shape index (κ1) is 24.1. The molecule has 2 heterocycles. The Bertz CT molecular complexity index is 893. The van der Waals surface area contributed by atoms with Crippen LogP contribution in [0.3, 0.4) is 0 Å². The van der Waals surface area contributed by atoms with E-state index in [1.54, 1.807) is 0 Å². The second-order valence-corrected chi connectivity index (χ2v) is 8.37. The summed E-state index contributed by atoms with van der Waals surface area (Å²) in [6, 6.07) is 0. The number of carbonyl (C=O) groups excluding carboxylic acids is 2. The van der Waals surface area contributed by atoms with Crippen LogP contribution in [-0.4, -0.2) is 68.0 Å². The van der Waals surface area contributed by atoms with Gasteiger partial charge in [-0.1, -0.05) is 11.6 Å². The zero-order chi connectivity index (χ0) is 23.3. The summed E-state index contributed by atoms with van der Waals surface area (Å²) in [5, 5.41) is 10.5. The molecule has 0 aliphatic carbocycles. The topological polar surface area (TPSA) is 94.5 Å². The molecule has 8 nitrogen and oxygen atoms in total. The molecule has 2 aliphatic rings. The largest absolute Gasteiger partial charge is 0.504 e. The minimum Gasteiger partial charge on any atom is -0.504 e. The number of rotatable bonds is 9. The standard InChI is InChI=1S/C24H33NO7/c1-15(6-8-20(26)31-12-10-25-9-11-30-16(2)13-25)5-7-18-17(3)19-14-32-24(28)21(19)22(27)23(18)29-4/h5,16,27H,6-14H2,1-4H3/b15-5+. The normalized spacial score (nSPS) is 18.9. The quantitative estimate of drug-likeness (QED) is 0.456. The zero-order valence-electron chi connectivity index (χ0n) is 19.4. The van der Waals surface area contributed by atoms with E-state index in [1.807, 2.05) is 26.8 Å². The van der Waals surface area contributed by atoms with E-state index in [0.717, 1.165) is 36.3 Å². The number of carbonyl (C=O) groups is 2. The highest BCUT2D eigenvalue weighted by Crippen LogP contribution is 2.42. The average Bonchev–Trinajstić information content (AvgIpc) is 3.15. The first-order valence-electron chi connectivity index (χ1n) is 11.0. The minimum absolute atomic E-state index is 0.155. The summed E-state index contributed by atoms with van der Waals surface area (Å²) in [6.45, 7) is 9.62. The van der Waals surface area contributed by atoms with Crippen molar-refractivity contribution < 1.29 is 33.6 Å². The van der Waals surface area contributed by atoms with Gasteiger partial charge >= 0.3 is 11.9 Å². The van der Waals surface area contributed by atoms with Crippen LogP contribution in [0.4, 0.5) is 0 Å². The highest BCUT2D eigenvalue weighted by molar-refractivity contribution is 5.98. The van der Waals surface area contributed by atoms with Crippen LogP contribution in [-0.2, 0) is 32.0 Å². The maximum Gasteiger partial charge on any atom is 0.342 e. The van der Waals surface area contributed by atoms with E-state index in [9.17, 15) is 14.7 Å². The maximum atomic E-state index is 12.1. The molecular weight excluding hydrogens is 414 g/mol. The summed E-state index contributed by atoms with van der Waals surface area (Å²) in [6.07, 6.45) is 3.65. The average molecular weight is 448 g/mol. The molecule has 0 radical (unpaired) electrons. The predicted octanol–water partition coefficient (Wildman–Crippen LogP) is 2.91. The summed E-state index contributed by atoms with van der Waals surface area (Å²) in [7, 11) is 1.47. The first-order chi connectivity index (χ1) is 15.3. The van der Waals surface area contributed by atoms with Gasteiger partial charge < -0.3 is 24.1 Å². The van der Waals surface area contributed by atoms with E-state index in [-0.39, 0.29) is 30.0 Å². The number of esters is 2. The summed E-state index contributed by atoms with van der Waals surface area (Å²) in [5.41, 5.74) is 3.62. The van der Waals surface area contributed by atoms with Gasteiger partial charge in [-0.15, -0.1) is 0 Å². The van der Waals surface area contributed by atoms with Crippen LogP contribution in [0, 0.1) is 6.92 Å². The molecule has 1 atom stereocenters. The Morgan fingerprint density at radius 3 is 2.84 bits per heavy atom. The molecule has 0 bridgehead atoms. The van der Waals surface area contributed by atoms with Gasteiger partial charge in [-0.2, -0.15) is 0 Å². The second kappa shape index (κ2) is 10.8. The van der Waals surface area contributed by atoms with Gasteiger partial charge in [0.1, 0.15) is 18.8 Å². The molecule has 1 N–H and O–H groups in total. The Hall–Kier alpha value is -2.58. The van der Waals surface area contributed by atoms with Gasteiger partial charge in [0, 0.05) is 37.2 Å². The number of allylic oxidation sites excluding steroid dienone is 2. The molecule has 1 aromatic carbocycles. The molecule has 0 saturated carbocycles. The van der Waals surface area contributed by atoms with E-state index in [2.05, 4.69) is 4.90 Å². The maximum absolute atomic E-state index is 12.1. The van der Waals surface area contributed by atoms with Crippen molar-refractivity contribution >= 4 is 11.9 Å². The van der Waals surface area contributed by atoms with Gasteiger partial charge in [-0.05, 0) is 39.2 Å². The van der Waals surface area contributed by atoms with Crippen LogP contribution in [0.5, 0.6) is 11.5 Å². The Balaban J connectivity index is 1.51. The van der Waals surface area contributed by atoms with Crippen molar-refractivity contribution in [3.8, 4) is 11.5 Å². The fraction of sp³-hybridized carbons (Fsp3) is 0.583. The van der Waals surface area contributed by atoms with Crippen molar-refractivity contribution in [3.63, 3.8) is 0 Å². The Labute approximate surface area is 189 Å². The van der Waals surface area contributed by atoms with E-state index in [1.165, 1.54) is 7.11 Å². The second-order valence-electron chi connectivity index (χ2n) is 8.37. The summed E-state index contributed by atoms with van der Waals surface area (Å²) < 4.78 is 21.4. The van der Waals surface area contributed by atoms with Gasteiger partial charge in [0.25, 0.3) is 0 Å².